The van der Waals surface area contributed by atoms with Crippen molar-refractivity contribution in [3.63, 3.8) is 0 Å². The van der Waals surface area contributed by atoms with Crippen LogP contribution >= 0.6 is 0 Å². The van der Waals surface area contributed by atoms with Gasteiger partial charge in [-0.2, -0.15) is 22.0 Å². The van der Waals surface area contributed by atoms with Crippen molar-refractivity contribution in [1.29, 1.82) is 0 Å². The van der Waals surface area contributed by atoms with Crippen molar-refractivity contribution in [3.8, 4) is 11.3 Å². The molecular formula is C18H17F5N4O2. The summed E-state index contributed by atoms with van der Waals surface area (Å²) in [6.07, 6.45) is -6.17. The zero-order valence-corrected chi connectivity index (χ0v) is 15.5. The van der Waals surface area contributed by atoms with Crippen LogP contribution in [0.1, 0.15) is 31.3 Å². The SMILES string of the molecule is CCOC(F)(F)c1nnc2cnc(-c3ccc([C@H](C)OCC(F)(F)F)cc3)cn12. The number of aromatic nitrogens is 4. The van der Waals surface area contributed by atoms with E-state index in [4.69, 9.17) is 4.74 Å². The molecule has 2 aromatic heterocycles. The number of rotatable bonds is 7. The van der Waals surface area contributed by atoms with E-state index >= 15 is 0 Å². The van der Waals surface area contributed by atoms with Gasteiger partial charge in [0.2, 0.25) is 5.82 Å². The van der Waals surface area contributed by atoms with Gasteiger partial charge < -0.3 is 9.47 Å². The molecule has 0 spiro atoms. The number of hydrogen-bond acceptors (Lipinski definition) is 5. The van der Waals surface area contributed by atoms with Crippen molar-refractivity contribution in [1.82, 2.24) is 19.6 Å². The summed E-state index contributed by atoms with van der Waals surface area (Å²) in [5.74, 6) is -0.677. The topological polar surface area (TPSA) is 61.5 Å². The van der Waals surface area contributed by atoms with Crippen LogP contribution < -0.4 is 0 Å². The molecule has 156 valence electrons. The Morgan fingerprint density at radius 3 is 2.38 bits per heavy atom. The molecule has 11 heteroatoms. The average molecular weight is 416 g/mol. The highest BCUT2D eigenvalue weighted by Crippen LogP contribution is 2.29. The summed E-state index contributed by atoms with van der Waals surface area (Å²) in [6.45, 7) is 1.38. The molecule has 0 fully saturated rings. The number of hydrogen-bond donors (Lipinski definition) is 0. The Labute approximate surface area is 162 Å². The third-order valence-corrected chi connectivity index (χ3v) is 4.05. The standard InChI is InChI=1S/C18H17F5N4O2/c1-3-29-18(22,23)16-26-25-15-8-24-14(9-27(15)16)13-6-4-12(5-7-13)11(2)28-10-17(19,20)21/h4-9,11H,3,10H2,1-2H3/t11-/m0/s1. The molecule has 0 amide bonds. The zero-order valence-electron chi connectivity index (χ0n) is 15.5. The first-order valence-corrected chi connectivity index (χ1v) is 8.62. The maximum absolute atomic E-state index is 14.1. The molecule has 2 heterocycles. The maximum atomic E-state index is 14.1. The van der Waals surface area contributed by atoms with Gasteiger partial charge in [0.25, 0.3) is 0 Å². The zero-order chi connectivity index (χ0) is 21.2. The van der Waals surface area contributed by atoms with Crippen LogP contribution in [-0.4, -0.2) is 39.0 Å². The molecule has 1 atom stereocenters. The number of fused-ring (bicyclic) bond motifs is 1. The predicted molar refractivity (Wildman–Crippen MR) is 92.2 cm³/mol. The summed E-state index contributed by atoms with van der Waals surface area (Å²) >= 11 is 0. The molecule has 6 nitrogen and oxygen atoms in total. The van der Waals surface area contributed by atoms with Gasteiger partial charge in [-0.3, -0.25) is 9.38 Å². The van der Waals surface area contributed by atoms with Gasteiger partial charge in [-0.1, -0.05) is 24.3 Å². The third kappa shape index (κ3) is 4.85. The molecule has 0 unspecified atom stereocenters. The Balaban J connectivity index is 1.85. The first-order chi connectivity index (χ1) is 13.6. The minimum absolute atomic E-state index is 0.119. The summed E-state index contributed by atoms with van der Waals surface area (Å²) in [7, 11) is 0. The van der Waals surface area contributed by atoms with Gasteiger partial charge in [0.15, 0.2) is 5.65 Å². The fourth-order valence-electron chi connectivity index (χ4n) is 2.64. The molecule has 0 aliphatic rings. The van der Waals surface area contributed by atoms with Crippen LogP contribution in [0.2, 0.25) is 0 Å². The average Bonchev–Trinajstić information content (AvgIpc) is 3.10. The van der Waals surface area contributed by atoms with Crippen molar-refractivity contribution in [3.05, 3.63) is 48.0 Å². The van der Waals surface area contributed by atoms with E-state index in [1.165, 1.54) is 26.2 Å². The minimum atomic E-state index is -4.41. The number of nitrogens with zero attached hydrogens (tertiary/aromatic N) is 4. The van der Waals surface area contributed by atoms with Gasteiger partial charge in [-0.25, -0.2) is 0 Å². The second-order valence-corrected chi connectivity index (χ2v) is 6.16. The summed E-state index contributed by atoms with van der Waals surface area (Å²) < 4.78 is 75.3. The van der Waals surface area contributed by atoms with E-state index in [-0.39, 0.29) is 12.3 Å². The molecular weight excluding hydrogens is 399 g/mol. The highest BCUT2D eigenvalue weighted by Gasteiger charge is 2.38. The summed E-state index contributed by atoms with van der Waals surface area (Å²) in [6, 6.07) is 6.40. The molecule has 1 aromatic carbocycles. The van der Waals surface area contributed by atoms with E-state index in [9.17, 15) is 22.0 Å². The lowest BCUT2D eigenvalue weighted by atomic mass is 10.1. The van der Waals surface area contributed by atoms with Crippen LogP contribution in [0.15, 0.2) is 36.7 Å². The highest BCUT2D eigenvalue weighted by molar-refractivity contribution is 5.60. The molecule has 0 saturated carbocycles. The van der Waals surface area contributed by atoms with Crippen molar-refractivity contribution in [2.24, 2.45) is 0 Å². The quantitative estimate of drug-likeness (QED) is 0.530. The Morgan fingerprint density at radius 2 is 1.76 bits per heavy atom. The Hall–Kier alpha value is -2.66. The Bertz CT molecular complexity index is 973. The lowest BCUT2D eigenvalue weighted by Crippen LogP contribution is -2.21. The largest absolute Gasteiger partial charge is 0.418 e. The lowest BCUT2D eigenvalue weighted by Gasteiger charge is -2.15. The minimum Gasteiger partial charge on any atom is -0.364 e. The monoisotopic (exact) mass is 416 g/mol. The Kier molecular flexibility index (Phi) is 5.80. The van der Waals surface area contributed by atoms with Gasteiger partial charge in [0.05, 0.1) is 24.6 Å². The second kappa shape index (κ2) is 7.99. The fourth-order valence-corrected chi connectivity index (χ4v) is 2.64. The van der Waals surface area contributed by atoms with Gasteiger partial charge in [0.1, 0.15) is 6.61 Å². The lowest BCUT2D eigenvalue weighted by molar-refractivity contribution is -0.251. The molecule has 3 aromatic rings. The molecule has 29 heavy (non-hydrogen) atoms. The molecule has 0 saturated heterocycles. The van der Waals surface area contributed by atoms with Gasteiger partial charge in [-0.15, -0.1) is 10.2 Å². The molecule has 3 rings (SSSR count). The van der Waals surface area contributed by atoms with Crippen LogP contribution in [-0.2, 0) is 15.6 Å². The van der Waals surface area contributed by atoms with Crippen molar-refractivity contribution in [2.45, 2.75) is 32.2 Å². The number of ether oxygens (including phenoxy) is 2. The van der Waals surface area contributed by atoms with E-state index in [1.54, 1.807) is 24.3 Å². The van der Waals surface area contributed by atoms with Gasteiger partial charge in [-0.05, 0) is 19.4 Å². The summed E-state index contributed by atoms with van der Waals surface area (Å²) in [4.78, 5) is 4.17. The summed E-state index contributed by atoms with van der Waals surface area (Å²) in [5.41, 5.74) is 1.57. The fraction of sp³-hybridized carbons (Fsp3) is 0.389. The van der Waals surface area contributed by atoms with E-state index < -0.39 is 30.8 Å². The molecule has 0 aliphatic heterocycles. The first-order valence-electron chi connectivity index (χ1n) is 8.62. The van der Waals surface area contributed by atoms with E-state index in [0.717, 1.165) is 4.40 Å². The Morgan fingerprint density at radius 1 is 1.07 bits per heavy atom. The van der Waals surface area contributed by atoms with Crippen LogP contribution in [0.25, 0.3) is 16.9 Å². The summed E-state index contributed by atoms with van der Waals surface area (Å²) in [5, 5.41) is 7.15. The van der Waals surface area contributed by atoms with Crippen LogP contribution in [0.3, 0.4) is 0 Å². The van der Waals surface area contributed by atoms with Crippen molar-refractivity contribution < 1.29 is 31.4 Å². The smallest absolute Gasteiger partial charge is 0.364 e. The molecule has 0 radical (unpaired) electrons. The molecule has 0 N–H and O–H groups in total. The number of alkyl halides is 5. The number of halogens is 5. The third-order valence-electron chi connectivity index (χ3n) is 4.05. The maximum Gasteiger partial charge on any atom is 0.418 e. The van der Waals surface area contributed by atoms with Crippen LogP contribution in [0, 0.1) is 0 Å². The van der Waals surface area contributed by atoms with Crippen LogP contribution in [0.4, 0.5) is 22.0 Å². The predicted octanol–water partition coefficient (Wildman–Crippen LogP) is 4.52. The van der Waals surface area contributed by atoms with Crippen LogP contribution in [0.5, 0.6) is 0 Å². The normalized spacial score (nSPS) is 13.8. The molecule has 0 aliphatic carbocycles. The highest BCUT2D eigenvalue weighted by atomic mass is 19.4. The first kappa shape index (κ1) is 21.1. The van der Waals surface area contributed by atoms with Crippen molar-refractivity contribution in [2.75, 3.05) is 13.2 Å². The van der Waals surface area contributed by atoms with E-state index in [1.807, 2.05) is 0 Å². The second-order valence-electron chi connectivity index (χ2n) is 6.16. The van der Waals surface area contributed by atoms with Gasteiger partial charge in [0, 0.05) is 11.8 Å². The van der Waals surface area contributed by atoms with Gasteiger partial charge >= 0.3 is 12.3 Å². The van der Waals surface area contributed by atoms with Crippen molar-refractivity contribution >= 4 is 5.65 Å². The number of benzene rings is 1. The van der Waals surface area contributed by atoms with E-state index in [2.05, 4.69) is 19.9 Å². The molecule has 0 bridgehead atoms. The van der Waals surface area contributed by atoms with E-state index in [0.29, 0.717) is 16.8 Å².